The number of thiophene rings is 1. The Hall–Kier alpha value is -1.60. The summed E-state index contributed by atoms with van der Waals surface area (Å²) in [6.07, 6.45) is 3.10. The van der Waals surface area contributed by atoms with E-state index in [-0.39, 0.29) is 11.9 Å². The van der Waals surface area contributed by atoms with Crippen molar-refractivity contribution in [1.29, 1.82) is 0 Å². The Bertz CT molecular complexity index is 587. The smallest absolute Gasteiger partial charge is 0.239 e. The number of likely N-dealkylation sites (N-methyl/N-ethyl adjacent to an activating group) is 1. The first kappa shape index (κ1) is 21.7. The summed E-state index contributed by atoms with van der Waals surface area (Å²) in [5.74, 6) is 1.55. The van der Waals surface area contributed by atoms with E-state index in [0.29, 0.717) is 5.92 Å². The van der Waals surface area contributed by atoms with E-state index in [4.69, 9.17) is 4.99 Å². The molecule has 152 valence electrons. The molecule has 2 unspecified atom stereocenters. The molecule has 1 aromatic heterocycles. The second-order valence-electron chi connectivity index (χ2n) is 7.34. The molecule has 1 aromatic rings. The van der Waals surface area contributed by atoms with Crippen molar-refractivity contribution in [2.45, 2.75) is 45.1 Å². The summed E-state index contributed by atoms with van der Waals surface area (Å²) in [7, 11) is 3.69. The second kappa shape index (κ2) is 11.3. The average molecular weight is 394 g/mol. The molecule has 0 radical (unpaired) electrons. The van der Waals surface area contributed by atoms with Gasteiger partial charge in [0.25, 0.3) is 0 Å². The summed E-state index contributed by atoms with van der Waals surface area (Å²) in [5, 5.41) is 8.87. The highest BCUT2D eigenvalue weighted by Crippen LogP contribution is 2.21. The first-order chi connectivity index (χ1) is 13.0. The lowest BCUT2D eigenvalue weighted by atomic mass is 10.1. The predicted molar refractivity (Wildman–Crippen MR) is 115 cm³/mol. The van der Waals surface area contributed by atoms with E-state index >= 15 is 0 Å². The highest BCUT2D eigenvalue weighted by atomic mass is 32.1. The molecule has 1 aliphatic heterocycles. The number of aliphatic imine (C=N–C) groups is 1. The Kier molecular flexibility index (Phi) is 9.07. The third-order valence-electron chi connectivity index (χ3n) is 4.90. The zero-order valence-corrected chi connectivity index (χ0v) is 18.0. The van der Waals surface area contributed by atoms with E-state index in [1.807, 2.05) is 14.1 Å². The lowest BCUT2D eigenvalue weighted by Gasteiger charge is -2.26. The van der Waals surface area contributed by atoms with Gasteiger partial charge in [-0.3, -0.25) is 14.7 Å². The number of hydrogen-bond acceptors (Lipinski definition) is 4. The van der Waals surface area contributed by atoms with E-state index < -0.39 is 0 Å². The third kappa shape index (κ3) is 6.81. The van der Waals surface area contributed by atoms with Crippen molar-refractivity contribution in [2.24, 2.45) is 4.99 Å². The van der Waals surface area contributed by atoms with Gasteiger partial charge in [0.1, 0.15) is 0 Å². The fourth-order valence-electron chi connectivity index (χ4n) is 3.39. The Labute approximate surface area is 168 Å². The molecule has 1 fully saturated rings. The van der Waals surface area contributed by atoms with Crippen LogP contribution >= 0.6 is 11.3 Å². The molecule has 0 aromatic carbocycles. The van der Waals surface area contributed by atoms with E-state index in [1.165, 1.54) is 4.88 Å². The monoisotopic (exact) mass is 393 g/mol. The number of likely N-dealkylation sites (tertiary alicyclic amines) is 1. The Morgan fingerprint density at radius 1 is 1.44 bits per heavy atom. The first-order valence-electron chi connectivity index (χ1n) is 10.0. The van der Waals surface area contributed by atoms with Gasteiger partial charge in [-0.05, 0) is 44.2 Å². The number of nitrogens with one attached hydrogen (secondary N) is 2. The normalized spacial score (nSPS) is 19.1. The minimum Gasteiger partial charge on any atom is -0.357 e. The van der Waals surface area contributed by atoms with Gasteiger partial charge in [0.05, 0.1) is 12.6 Å². The van der Waals surface area contributed by atoms with Gasteiger partial charge in [-0.25, -0.2) is 0 Å². The van der Waals surface area contributed by atoms with Crippen LogP contribution in [0.25, 0.3) is 0 Å². The lowest BCUT2D eigenvalue weighted by Crippen LogP contribution is -2.44. The van der Waals surface area contributed by atoms with Crippen molar-refractivity contribution in [3.63, 3.8) is 0 Å². The largest absolute Gasteiger partial charge is 0.357 e. The maximum atomic E-state index is 12.3. The molecular weight excluding hydrogens is 358 g/mol. The average Bonchev–Trinajstić information content (AvgIpc) is 3.33. The van der Waals surface area contributed by atoms with E-state index in [9.17, 15) is 4.79 Å². The van der Waals surface area contributed by atoms with Crippen LogP contribution in [0.4, 0.5) is 0 Å². The van der Waals surface area contributed by atoms with Crippen molar-refractivity contribution >= 4 is 23.2 Å². The Morgan fingerprint density at radius 3 is 2.93 bits per heavy atom. The Balaban J connectivity index is 1.75. The summed E-state index contributed by atoms with van der Waals surface area (Å²) in [6, 6.07) is 4.33. The van der Waals surface area contributed by atoms with E-state index in [1.54, 1.807) is 16.2 Å². The van der Waals surface area contributed by atoms with Gasteiger partial charge in [-0.1, -0.05) is 13.0 Å². The van der Waals surface area contributed by atoms with Crippen LogP contribution < -0.4 is 10.6 Å². The topological polar surface area (TPSA) is 60.0 Å². The predicted octanol–water partition coefficient (Wildman–Crippen LogP) is 2.35. The van der Waals surface area contributed by atoms with Gasteiger partial charge < -0.3 is 15.5 Å². The van der Waals surface area contributed by atoms with Crippen molar-refractivity contribution in [2.75, 3.05) is 46.8 Å². The minimum atomic E-state index is 0.0635. The minimum absolute atomic E-state index is 0.0635. The summed E-state index contributed by atoms with van der Waals surface area (Å²) in [4.78, 5) is 22.4. The van der Waals surface area contributed by atoms with Crippen LogP contribution in [0.15, 0.2) is 22.5 Å². The molecule has 2 atom stereocenters. The van der Waals surface area contributed by atoms with Crippen LogP contribution in [0.3, 0.4) is 0 Å². The SMILES string of the molecule is CCNC(=NCC(C)c1cccs1)NCCCN1CCCC1C(=O)N(C)C. The standard InChI is InChI=1S/C20H35N5OS/c1-5-21-20(23-15-16(2)18-10-7-14-27-18)22-11-8-13-25-12-6-9-17(25)19(26)24(3)4/h7,10,14,16-17H,5-6,8-9,11-13,15H2,1-4H3,(H2,21,22,23). The van der Waals surface area contributed by atoms with Gasteiger partial charge in [0.15, 0.2) is 5.96 Å². The molecule has 1 saturated heterocycles. The highest BCUT2D eigenvalue weighted by molar-refractivity contribution is 7.10. The van der Waals surface area contributed by atoms with Crippen LogP contribution in [0, 0.1) is 0 Å². The fourth-order valence-corrected chi connectivity index (χ4v) is 4.17. The van der Waals surface area contributed by atoms with Crippen LogP contribution in [-0.4, -0.2) is 74.5 Å². The summed E-state index contributed by atoms with van der Waals surface area (Å²) in [6.45, 7) is 8.76. The number of carbonyl (C=O) groups is 1. The molecule has 1 amide bonds. The maximum Gasteiger partial charge on any atom is 0.239 e. The van der Waals surface area contributed by atoms with E-state index in [2.05, 4.69) is 46.9 Å². The summed E-state index contributed by atoms with van der Waals surface area (Å²) < 4.78 is 0. The van der Waals surface area contributed by atoms with E-state index in [0.717, 1.165) is 57.9 Å². The van der Waals surface area contributed by atoms with Crippen LogP contribution in [-0.2, 0) is 4.79 Å². The van der Waals surface area contributed by atoms with Crippen molar-refractivity contribution in [1.82, 2.24) is 20.4 Å². The zero-order valence-electron chi connectivity index (χ0n) is 17.2. The molecule has 0 aliphatic carbocycles. The molecule has 7 heteroatoms. The van der Waals surface area contributed by atoms with Crippen molar-refractivity contribution < 1.29 is 4.79 Å². The highest BCUT2D eigenvalue weighted by Gasteiger charge is 2.30. The van der Waals surface area contributed by atoms with Crippen LogP contribution in [0.5, 0.6) is 0 Å². The molecule has 27 heavy (non-hydrogen) atoms. The maximum absolute atomic E-state index is 12.3. The zero-order chi connectivity index (χ0) is 19.6. The number of amides is 1. The number of nitrogens with zero attached hydrogens (tertiary/aromatic N) is 3. The van der Waals surface area contributed by atoms with Gasteiger partial charge >= 0.3 is 0 Å². The molecule has 2 N–H and O–H groups in total. The quantitative estimate of drug-likeness (QED) is 0.384. The summed E-state index contributed by atoms with van der Waals surface area (Å²) >= 11 is 1.79. The number of hydrogen-bond donors (Lipinski definition) is 2. The molecular formula is C20H35N5OS. The lowest BCUT2D eigenvalue weighted by molar-refractivity contribution is -0.133. The molecule has 0 spiro atoms. The molecule has 0 saturated carbocycles. The molecule has 6 nitrogen and oxygen atoms in total. The summed E-state index contributed by atoms with van der Waals surface area (Å²) in [5.41, 5.74) is 0. The number of guanidine groups is 1. The van der Waals surface area contributed by atoms with Crippen molar-refractivity contribution in [3.05, 3.63) is 22.4 Å². The van der Waals surface area contributed by atoms with Crippen LogP contribution in [0.1, 0.15) is 43.9 Å². The van der Waals surface area contributed by atoms with Gasteiger partial charge in [0, 0.05) is 44.5 Å². The fraction of sp³-hybridized carbons (Fsp3) is 0.700. The second-order valence-corrected chi connectivity index (χ2v) is 8.32. The number of rotatable bonds is 9. The molecule has 0 bridgehead atoms. The Morgan fingerprint density at radius 2 is 2.26 bits per heavy atom. The first-order valence-corrected chi connectivity index (χ1v) is 10.9. The van der Waals surface area contributed by atoms with Gasteiger partial charge in [-0.2, -0.15) is 0 Å². The van der Waals surface area contributed by atoms with Gasteiger partial charge in [-0.15, -0.1) is 11.3 Å². The van der Waals surface area contributed by atoms with Crippen molar-refractivity contribution in [3.8, 4) is 0 Å². The number of carbonyl (C=O) groups excluding carboxylic acids is 1. The van der Waals surface area contributed by atoms with Gasteiger partial charge in [0.2, 0.25) is 5.91 Å². The van der Waals surface area contributed by atoms with Crippen LogP contribution in [0.2, 0.25) is 0 Å². The molecule has 1 aliphatic rings. The molecule has 2 rings (SSSR count). The molecule has 2 heterocycles. The third-order valence-corrected chi connectivity index (χ3v) is 6.00.